The Morgan fingerprint density at radius 2 is 1.93 bits per heavy atom. The first kappa shape index (κ1) is 12.0. The van der Waals surface area contributed by atoms with Gasteiger partial charge in [0.05, 0.1) is 0 Å². The van der Waals surface area contributed by atoms with Crippen LogP contribution in [0.4, 0.5) is 5.69 Å². The van der Waals surface area contributed by atoms with Gasteiger partial charge in [0.2, 0.25) is 5.91 Å². The quantitative estimate of drug-likeness (QED) is 0.517. The van der Waals surface area contributed by atoms with Crippen molar-refractivity contribution in [2.45, 2.75) is 6.92 Å². The topological polar surface area (TPSA) is 29.1 Å². The largest absolute Gasteiger partial charge is 0.323 e. The fraction of sp³-hybridized carbons (Fsp3) is 0.0833. The molecule has 1 rings (SSSR count). The van der Waals surface area contributed by atoms with E-state index in [9.17, 15) is 4.79 Å². The molecule has 1 amide bonds. The third kappa shape index (κ3) is 4.78. The van der Waals surface area contributed by atoms with Crippen molar-refractivity contribution >= 4 is 34.2 Å². The number of rotatable bonds is 3. The van der Waals surface area contributed by atoms with Gasteiger partial charge in [-0.3, -0.25) is 4.79 Å². The number of anilines is 1. The number of benzene rings is 1. The van der Waals surface area contributed by atoms with Crippen molar-refractivity contribution in [1.82, 2.24) is 0 Å². The van der Waals surface area contributed by atoms with Crippen LogP contribution in [-0.2, 0) is 4.79 Å². The fourth-order valence-electron chi connectivity index (χ4n) is 0.971. The fourth-order valence-corrected chi connectivity index (χ4v) is 1.33. The third-order valence-corrected chi connectivity index (χ3v) is 2.38. The van der Waals surface area contributed by atoms with E-state index in [1.54, 1.807) is 6.08 Å². The van der Waals surface area contributed by atoms with Gasteiger partial charge in [0.25, 0.3) is 0 Å². The van der Waals surface area contributed by atoms with Gasteiger partial charge in [-0.1, -0.05) is 18.2 Å². The Bertz CT molecular complexity index is 379. The van der Waals surface area contributed by atoms with Gasteiger partial charge in [0.1, 0.15) is 0 Å². The molecule has 1 aromatic rings. The van der Waals surface area contributed by atoms with Crippen LogP contribution in [0.25, 0.3) is 0 Å². The molecule has 0 saturated carbocycles. The number of carbonyl (C=O) groups is 1. The molecule has 0 aromatic heterocycles. The van der Waals surface area contributed by atoms with Gasteiger partial charge in [-0.25, -0.2) is 0 Å². The molecule has 0 aliphatic rings. The van der Waals surface area contributed by atoms with Crippen LogP contribution >= 0.6 is 22.6 Å². The molecule has 0 saturated heterocycles. The maximum atomic E-state index is 11.3. The predicted molar refractivity (Wildman–Crippen MR) is 71.7 cm³/mol. The lowest BCUT2D eigenvalue weighted by Crippen LogP contribution is -2.07. The summed E-state index contributed by atoms with van der Waals surface area (Å²) in [5, 5.41) is 2.77. The molecule has 0 unspecified atom stereocenters. The number of hydrogen-bond donors (Lipinski definition) is 1. The maximum absolute atomic E-state index is 11.3. The minimum Gasteiger partial charge on any atom is -0.323 e. The Labute approximate surface area is 103 Å². The second-order valence-corrected chi connectivity index (χ2v) is 4.13. The molecule has 0 aliphatic carbocycles. The lowest BCUT2D eigenvalue weighted by Gasteiger charge is -2.00. The van der Waals surface area contributed by atoms with Gasteiger partial charge in [-0.05, 0) is 53.8 Å². The van der Waals surface area contributed by atoms with Crippen molar-refractivity contribution in [3.8, 4) is 0 Å². The van der Waals surface area contributed by atoms with E-state index in [1.807, 2.05) is 43.3 Å². The number of hydrogen-bond acceptors (Lipinski definition) is 1. The monoisotopic (exact) mass is 313 g/mol. The summed E-state index contributed by atoms with van der Waals surface area (Å²) in [6, 6.07) is 7.66. The van der Waals surface area contributed by atoms with E-state index in [1.165, 1.54) is 6.08 Å². The van der Waals surface area contributed by atoms with Crippen LogP contribution in [0.1, 0.15) is 6.92 Å². The Balaban J connectivity index is 2.55. The first-order chi connectivity index (χ1) is 7.22. The average molecular weight is 313 g/mol. The molecule has 1 N–H and O–H groups in total. The zero-order valence-electron chi connectivity index (χ0n) is 8.41. The van der Waals surface area contributed by atoms with Crippen LogP contribution in [0, 0.1) is 3.57 Å². The van der Waals surface area contributed by atoms with E-state index in [0.29, 0.717) is 0 Å². The van der Waals surface area contributed by atoms with Crippen molar-refractivity contribution in [2.75, 3.05) is 5.32 Å². The number of halogens is 1. The van der Waals surface area contributed by atoms with Gasteiger partial charge < -0.3 is 5.32 Å². The number of nitrogens with one attached hydrogen (secondary N) is 1. The molecule has 0 spiro atoms. The molecular weight excluding hydrogens is 301 g/mol. The van der Waals surface area contributed by atoms with Gasteiger partial charge >= 0.3 is 0 Å². The van der Waals surface area contributed by atoms with E-state index < -0.39 is 0 Å². The molecule has 15 heavy (non-hydrogen) atoms. The average Bonchev–Trinajstić information content (AvgIpc) is 2.22. The second-order valence-electron chi connectivity index (χ2n) is 2.88. The molecule has 0 fully saturated rings. The minimum atomic E-state index is -0.116. The van der Waals surface area contributed by atoms with Crippen molar-refractivity contribution in [2.24, 2.45) is 0 Å². The SMILES string of the molecule is C/C=C/C=C/C(=O)Nc1ccc(I)cc1. The summed E-state index contributed by atoms with van der Waals surface area (Å²) in [7, 11) is 0. The Morgan fingerprint density at radius 3 is 2.53 bits per heavy atom. The first-order valence-corrected chi connectivity index (χ1v) is 5.66. The van der Waals surface area contributed by atoms with Gasteiger partial charge in [-0.2, -0.15) is 0 Å². The summed E-state index contributed by atoms with van der Waals surface area (Å²) in [6.45, 7) is 1.90. The number of allylic oxidation sites excluding steroid dienone is 3. The summed E-state index contributed by atoms with van der Waals surface area (Å²) in [6.07, 6.45) is 6.89. The van der Waals surface area contributed by atoms with E-state index in [2.05, 4.69) is 27.9 Å². The summed E-state index contributed by atoms with van der Waals surface area (Å²) in [5.41, 5.74) is 0.811. The maximum Gasteiger partial charge on any atom is 0.248 e. The van der Waals surface area contributed by atoms with Crippen molar-refractivity contribution in [3.63, 3.8) is 0 Å². The number of carbonyl (C=O) groups excluding carboxylic acids is 1. The zero-order chi connectivity index (χ0) is 11.1. The zero-order valence-corrected chi connectivity index (χ0v) is 10.6. The standard InChI is InChI=1S/C12H12INO/c1-2-3-4-5-12(15)14-11-8-6-10(13)7-9-11/h2-9H,1H3,(H,14,15)/b3-2+,5-4+. The van der Waals surface area contributed by atoms with Gasteiger partial charge in [-0.15, -0.1) is 0 Å². The molecule has 3 heteroatoms. The highest BCUT2D eigenvalue weighted by Gasteiger charge is 1.95. The Morgan fingerprint density at radius 1 is 1.27 bits per heavy atom. The van der Waals surface area contributed by atoms with E-state index in [4.69, 9.17) is 0 Å². The van der Waals surface area contributed by atoms with Crippen LogP contribution in [0.2, 0.25) is 0 Å². The van der Waals surface area contributed by atoms with Crippen molar-refractivity contribution in [3.05, 3.63) is 52.1 Å². The van der Waals surface area contributed by atoms with E-state index in [0.717, 1.165) is 9.26 Å². The smallest absolute Gasteiger partial charge is 0.248 e. The highest BCUT2D eigenvalue weighted by Crippen LogP contribution is 2.10. The van der Waals surface area contributed by atoms with Gasteiger partial charge in [0, 0.05) is 15.3 Å². The molecule has 0 heterocycles. The molecule has 78 valence electrons. The molecule has 0 radical (unpaired) electrons. The van der Waals surface area contributed by atoms with Crippen LogP contribution in [0.5, 0.6) is 0 Å². The molecule has 2 nitrogen and oxygen atoms in total. The Kier molecular flexibility index (Phi) is 5.10. The Hall–Kier alpha value is -1.10. The molecular formula is C12H12INO. The molecule has 0 aliphatic heterocycles. The normalized spacial score (nSPS) is 11.1. The molecule has 1 aromatic carbocycles. The lowest BCUT2D eigenvalue weighted by molar-refractivity contribution is -0.111. The lowest BCUT2D eigenvalue weighted by atomic mass is 10.3. The summed E-state index contributed by atoms with van der Waals surface area (Å²) < 4.78 is 1.15. The van der Waals surface area contributed by atoms with Gasteiger partial charge in [0.15, 0.2) is 0 Å². The van der Waals surface area contributed by atoms with E-state index in [-0.39, 0.29) is 5.91 Å². The summed E-state index contributed by atoms with van der Waals surface area (Å²) in [5.74, 6) is -0.116. The van der Waals surface area contributed by atoms with Crippen molar-refractivity contribution < 1.29 is 4.79 Å². The van der Waals surface area contributed by atoms with Crippen LogP contribution in [-0.4, -0.2) is 5.91 Å². The van der Waals surface area contributed by atoms with Crippen molar-refractivity contribution in [1.29, 1.82) is 0 Å². The highest BCUT2D eigenvalue weighted by atomic mass is 127. The predicted octanol–water partition coefficient (Wildman–Crippen LogP) is 3.36. The molecule has 0 atom stereocenters. The second kappa shape index (κ2) is 6.40. The summed E-state index contributed by atoms with van der Waals surface area (Å²) >= 11 is 2.22. The number of amides is 1. The molecule has 0 bridgehead atoms. The van der Waals surface area contributed by atoms with Crippen LogP contribution < -0.4 is 5.32 Å². The third-order valence-electron chi connectivity index (χ3n) is 1.66. The highest BCUT2D eigenvalue weighted by molar-refractivity contribution is 14.1. The minimum absolute atomic E-state index is 0.116. The summed E-state index contributed by atoms with van der Waals surface area (Å²) in [4.78, 5) is 11.3. The van der Waals surface area contributed by atoms with Crippen LogP contribution in [0.15, 0.2) is 48.6 Å². The first-order valence-electron chi connectivity index (χ1n) is 4.58. The van der Waals surface area contributed by atoms with E-state index >= 15 is 0 Å². The van der Waals surface area contributed by atoms with Crippen LogP contribution in [0.3, 0.4) is 0 Å².